The van der Waals surface area contributed by atoms with Crippen molar-refractivity contribution in [2.24, 2.45) is 4.99 Å². The molecular formula is C27H31FN4O5. The van der Waals surface area contributed by atoms with Gasteiger partial charge in [0.05, 0.1) is 12.3 Å². The molecular weight excluding hydrogens is 479 g/mol. The molecule has 2 N–H and O–H groups in total. The molecule has 0 saturated carbocycles. The molecule has 0 aliphatic heterocycles. The standard InChI is InChI=1S/C27H31FN4O5/c1-6-35-24(33)16-29-25(31-26(34)36-27(3,4)5)30-23-15-22(32-37-23)17(2)19-12-13-20(21(28)14-19)18-10-8-7-9-11-18/h7-15,17H,6,16H2,1-5H3,(H2,29,30,31,34). The molecule has 0 spiro atoms. The number of carbonyl (C=O) groups excluding carboxylic acids is 2. The highest BCUT2D eigenvalue weighted by Gasteiger charge is 2.20. The fraction of sp³-hybridized carbons (Fsp3) is 0.333. The molecule has 1 amide bonds. The third-order valence-corrected chi connectivity index (χ3v) is 5.08. The Morgan fingerprint density at radius 1 is 1.14 bits per heavy atom. The Kier molecular flexibility index (Phi) is 9.00. The van der Waals surface area contributed by atoms with Crippen molar-refractivity contribution < 1.29 is 28.0 Å². The first-order valence-corrected chi connectivity index (χ1v) is 11.8. The average Bonchev–Trinajstić information content (AvgIpc) is 3.30. The summed E-state index contributed by atoms with van der Waals surface area (Å²) in [6, 6.07) is 16.0. The van der Waals surface area contributed by atoms with E-state index < -0.39 is 17.7 Å². The lowest BCUT2D eigenvalue weighted by Gasteiger charge is -2.20. The Balaban J connectivity index is 1.75. The second-order valence-electron chi connectivity index (χ2n) is 9.16. The molecule has 1 aromatic heterocycles. The second kappa shape index (κ2) is 12.2. The number of guanidine groups is 1. The third-order valence-electron chi connectivity index (χ3n) is 5.08. The molecule has 2 aromatic carbocycles. The van der Waals surface area contributed by atoms with Crippen LogP contribution in [-0.4, -0.2) is 41.9 Å². The van der Waals surface area contributed by atoms with E-state index in [0.717, 1.165) is 5.56 Å². The lowest BCUT2D eigenvalue weighted by molar-refractivity contribution is -0.141. The van der Waals surface area contributed by atoms with E-state index >= 15 is 0 Å². The first-order valence-electron chi connectivity index (χ1n) is 11.8. The van der Waals surface area contributed by atoms with Gasteiger partial charge in [-0.1, -0.05) is 54.5 Å². The molecule has 1 atom stereocenters. The normalized spacial score (nSPS) is 12.5. The van der Waals surface area contributed by atoms with E-state index in [-0.39, 0.29) is 36.7 Å². The lowest BCUT2D eigenvalue weighted by atomic mass is 9.95. The SMILES string of the molecule is CCOC(=O)CN=C(NC(=O)OC(C)(C)C)Nc1cc(C(C)c2ccc(-c3ccccc3)c(F)c2)no1. The van der Waals surface area contributed by atoms with Crippen molar-refractivity contribution in [3.63, 3.8) is 0 Å². The number of hydrogen-bond donors (Lipinski definition) is 2. The molecule has 0 aliphatic rings. The molecule has 1 unspecified atom stereocenters. The number of anilines is 1. The summed E-state index contributed by atoms with van der Waals surface area (Å²) in [5.41, 5.74) is 1.79. The van der Waals surface area contributed by atoms with E-state index in [9.17, 15) is 14.0 Å². The number of aromatic nitrogens is 1. The van der Waals surface area contributed by atoms with Crippen LogP contribution in [0.1, 0.15) is 51.8 Å². The van der Waals surface area contributed by atoms with Gasteiger partial charge < -0.3 is 14.0 Å². The Morgan fingerprint density at radius 3 is 2.51 bits per heavy atom. The molecule has 196 valence electrons. The highest BCUT2D eigenvalue weighted by molar-refractivity contribution is 6.02. The van der Waals surface area contributed by atoms with Crippen LogP contribution in [0, 0.1) is 5.82 Å². The van der Waals surface area contributed by atoms with Gasteiger partial charge in [-0.05, 0) is 44.9 Å². The Labute approximate surface area is 215 Å². The minimum Gasteiger partial charge on any atom is -0.465 e. The van der Waals surface area contributed by atoms with Gasteiger partial charge in [-0.3, -0.25) is 15.4 Å². The molecule has 10 heteroatoms. The Bertz CT molecular complexity index is 1250. The first kappa shape index (κ1) is 27.4. The smallest absolute Gasteiger partial charge is 0.414 e. The summed E-state index contributed by atoms with van der Waals surface area (Å²) in [7, 11) is 0. The number of esters is 1. The predicted octanol–water partition coefficient (Wildman–Crippen LogP) is 5.49. The number of carbonyl (C=O) groups is 2. The van der Waals surface area contributed by atoms with Gasteiger partial charge in [0, 0.05) is 17.5 Å². The Hall–Kier alpha value is -4.21. The zero-order valence-electron chi connectivity index (χ0n) is 21.5. The number of nitrogens with zero attached hydrogens (tertiary/aromatic N) is 2. The summed E-state index contributed by atoms with van der Waals surface area (Å²) in [6.07, 6.45) is -0.773. The maximum absolute atomic E-state index is 14.9. The summed E-state index contributed by atoms with van der Waals surface area (Å²) < 4.78 is 30.3. The maximum Gasteiger partial charge on any atom is 0.414 e. The molecule has 3 rings (SSSR count). The van der Waals surface area contributed by atoms with Gasteiger partial charge in [-0.15, -0.1) is 0 Å². The summed E-state index contributed by atoms with van der Waals surface area (Å²) in [5.74, 6) is -1.14. The van der Waals surface area contributed by atoms with Crippen molar-refractivity contribution in [2.45, 2.75) is 46.1 Å². The Morgan fingerprint density at radius 2 is 1.86 bits per heavy atom. The van der Waals surface area contributed by atoms with Gasteiger partial charge in [0.15, 0.2) is 0 Å². The molecule has 3 aromatic rings. The van der Waals surface area contributed by atoms with E-state index in [4.69, 9.17) is 14.0 Å². The summed E-state index contributed by atoms with van der Waals surface area (Å²) in [6.45, 7) is 8.56. The van der Waals surface area contributed by atoms with Crippen LogP contribution in [0.5, 0.6) is 0 Å². The largest absolute Gasteiger partial charge is 0.465 e. The predicted molar refractivity (Wildman–Crippen MR) is 138 cm³/mol. The van der Waals surface area contributed by atoms with Gasteiger partial charge in [-0.2, -0.15) is 0 Å². The van der Waals surface area contributed by atoms with Crippen molar-refractivity contribution in [1.29, 1.82) is 0 Å². The molecule has 37 heavy (non-hydrogen) atoms. The van der Waals surface area contributed by atoms with E-state index in [1.807, 2.05) is 43.3 Å². The van der Waals surface area contributed by atoms with Crippen LogP contribution >= 0.6 is 0 Å². The average molecular weight is 511 g/mol. The van der Waals surface area contributed by atoms with Crippen molar-refractivity contribution in [1.82, 2.24) is 10.5 Å². The molecule has 0 radical (unpaired) electrons. The van der Waals surface area contributed by atoms with Crippen LogP contribution in [0.2, 0.25) is 0 Å². The number of nitrogens with one attached hydrogen (secondary N) is 2. The van der Waals surface area contributed by atoms with Crippen molar-refractivity contribution >= 4 is 23.9 Å². The first-order chi connectivity index (χ1) is 17.6. The number of hydrogen-bond acceptors (Lipinski definition) is 7. The van der Waals surface area contributed by atoms with E-state index in [2.05, 4.69) is 20.8 Å². The molecule has 9 nitrogen and oxygen atoms in total. The van der Waals surface area contributed by atoms with Gasteiger partial charge in [-0.25, -0.2) is 14.2 Å². The quantitative estimate of drug-likeness (QED) is 0.245. The zero-order chi connectivity index (χ0) is 27.0. The summed E-state index contributed by atoms with van der Waals surface area (Å²) >= 11 is 0. The lowest BCUT2D eigenvalue weighted by Crippen LogP contribution is -2.40. The van der Waals surface area contributed by atoms with Crippen LogP contribution in [0.3, 0.4) is 0 Å². The van der Waals surface area contributed by atoms with Crippen LogP contribution in [0.15, 0.2) is 64.1 Å². The van der Waals surface area contributed by atoms with Gasteiger partial charge in [0.25, 0.3) is 0 Å². The zero-order valence-corrected chi connectivity index (χ0v) is 21.5. The number of alkyl carbamates (subject to hydrolysis) is 1. The number of benzene rings is 2. The molecule has 0 aliphatic carbocycles. The van der Waals surface area contributed by atoms with Gasteiger partial charge in [0.1, 0.15) is 18.0 Å². The number of amides is 1. The fourth-order valence-corrected chi connectivity index (χ4v) is 3.35. The molecule has 0 bridgehead atoms. The number of ether oxygens (including phenoxy) is 2. The summed E-state index contributed by atoms with van der Waals surface area (Å²) in [5, 5.41) is 9.31. The van der Waals surface area contributed by atoms with Crippen molar-refractivity contribution in [3.8, 4) is 11.1 Å². The third kappa shape index (κ3) is 8.16. The minimum atomic E-state index is -0.773. The molecule has 1 heterocycles. The summed E-state index contributed by atoms with van der Waals surface area (Å²) in [4.78, 5) is 28.0. The molecule has 0 saturated heterocycles. The number of aliphatic imine (C=N–C) groups is 1. The van der Waals surface area contributed by atoms with E-state index in [0.29, 0.717) is 16.8 Å². The van der Waals surface area contributed by atoms with Gasteiger partial charge >= 0.3 is 12.1 Å². The van der Waals surface area contributed by atoms with Crippen molar-refractivity contribution in [3.05, 3.63) is 71.7 Å². The van der Waals surface area contributed by atoms with Crippen molar-refractivity contribution in [2.75, 3.05) is 18.5 Å². The van der Waals surface area contributed by atoms with Gasteiger partial charge in [0.2, 0.25) is 11.8 Å². The highest BCUT2D eigenvalue weighted by atomic mass is 19.1. The van der Waals surface area contributed by atoms with Crippen LogP contribution in [-0.2, 0) is 14.3 Å². The topological polar surface area (TPSA) is 115 Å². The maximum atomic E-state index is 14.9. The van der Waals surface area contributed by atoms with Crippen LogP contribution < -0.4 is 10.6 Å². The number of halogens is 1. The fourth-order valence-electron chi connectivity index (χ4n) is 3.35. The molecule has 0 fully saturated rings. The van der Waals surface area contributed by atoms with Crippen LogP contribution in [0.25, 0.3) is 11.1 Å². The van der Waals surface area contributed by atoms with E-state index in [1.165, 1.54) is 6.07 Å². The van der Waals surface area contributed by atoms with E-state index in [1.54, 1.807) is 39.8 Å². The monoisotopic (exact) mass is 510 g/mol. The highest BCUT2D eigenvalue weighted by Crippen LogP contribution is 2.30. The second-order valence-corrected chi connectivity index (χ2v) is 9.16. The minimum absolute atomic E-state index is 0.0871. The number of rotatable bonds is 7. The van der Waals surface area contributed by atoms with Crippen LogP contribution in [0.4, 0.5) is 15.1 Å².